The predicted molar refractivity (Wildman–Crippen MR) is 107 cm³/mol. The summed E-state index contributed by atoms with van der Waals surface area (Å²) in [7, 11) is 0. The van der Waals surface area contributed by atoms with Crippen molar-refractivity contribution in [3.05, 3.63) is 63.2 Å². The topological polar surface area (TPSA) is 72.9 Å². The van der Waals surface area contributed by atoms with Crippen LogP contribution in [-0.2, 0) is 0 Å². The van der Waals surface area contributed by atoms with E-state index in [1.807, 2.05) is 18.4 Å². The van der Waals surface area contributed by atoms with Gasteiger partial charge in [0.15, 0.2) is 5.69 Å². The number of carbonyl (C=O) groups is 1. The van der Waals surface area contributed by atoms with E-state index in [0.29, 0.717) is 31.3 Å². The Kier molecular flexibility index (Phi) is 5.79. The average Bonchev–Trinajstić information content (AvgIpc) is 3.01. The van der Waals surface area contributed by atoms with Gasteiger partial charge in [0.1, 0.15) is 0 Å². The summed E-state index contributed by atoms with van der Waals surface area (Å²) in [5.41, 5.74) is 4.46. The van der Waals surface area contributed by atoms with E-state index in [1.54, 1.807) is 35.0 Å². The molecule has 5 nitrogen and oxygen atoms in total. The van der Waals surface area contributed by atoms with Crippen molar-refractivity contribution >= 4 is 52.5 Å². The fourth-order valence-electron chi connectivity index (χ4n) is 2.50. The molecule has 0 aliphatic rings. The molecule has 0 bridgehead atoms. The van der Waals surface area contributed by atoms with Crippen molar-refractivity contribution in [2.75, 3.05) is 6.26 Å². The third-order valence-electron chi connectivity index (χ3n) is 3.65. The van der Waals surface area contributed by atoms with Crippen LogP contribution in [0.1, 0.15) is 10.5 Å². The van der Waals surface area contributed by atoms with Crippen molar-refractivity contribution in [1.29, 1.82) is 0 Å². The van der Waals surface area contributed by atoms with E-state index in [2.05, 4.69) is 10.5 Å². The Bertz CT molecular complexity index is 973. The SMILES string of the molecule is CSc1c(C(=O)NN)nn(-c2ccc(Cl)cc2Cl)c1-c1ccc(Cl)cc1. The minimum atomic E-state index is -0.492. The number of nitrogens with two attached hydrogens (primary N) is 1. The van der Waals surface area contributed by atoms with Crippen molar-refractivity contribution in [1.82, 2.24) is 15.2 Å². The zero-order valence-corrected chi connectivity index (χ0v) is 16.5. The van der Waals surface area contributed by atoms with Crippen molar-refractivity contribution in [2.24, 2.45) is 5.84 Å². The molecule has 26 heavy (non-hydrogen) atoms. The van der Waals surface area contributed by atoms with Crippen LogP contribution in [0.4, 0.5) is 0 Å². The highest BCUT2D eigenvalue weighted by molar-refractivity contribution is 7.98. The standard InChI is InChI=1S/C17H13Cl3N4OS/c1-26-16-14(17(25)22-21)23-24(13-7-6-11(19)8-12(13)20)15(16)9-2-4-10(18)5-3-9/h2-8H,21H2,1H3,(H,22,25). The molecule has 0 aliphatic heterocycles. The number of nitrogens with one attached hydrogen (secondary N) is 1. The molecule has 0 saturated carbocycles. The Hall–Kier alpha value is -1.70. The lowest BCUT2D eigenvalue weighted by molar-refractivity contribution is 0.0945. The van der Waals surface area contributed by atoms with Gasteiger partial charge in [-0.1, -0.05) is 46.9 Å². The zero-order chi connectivity index (χ0) is 18.8. The highest BCUT2D eigenvalue weighted by Crippen LogP contribution is 2.37. The van der Waals surface area contributed by atoms with E-state index in [9.17, 15) is 4.79 Å². The third-order valence-corrected chi connectivity index (χ3v) is 5.23. The number of rotatable bonds is 4. The van der Waals surface area contributed by atoms with Crippen LogP contribution in [0.5, 0.6) is 0 Å². The fourth-order valence-corrected chi connectivity index (χ4v) is 3.84. The number of benzene rings is 2. The lowest BCUT2D eigenvalue weighted by Crippen LogP contribution is -2.30. The second-order valence-electron chi connectivity index (χ2n) is 5.22. The largest absolute Gasteiger partial charge is 0.289 e. The molecule has 3 N–H and O–H groups in total. The summed E-state index contributed by atoms with van der Waals surface area (Å²) in [4.78, 5) is 12.9. The number of carbonyl (C=O) groups excluding carboxylic acids is 1. The normalized spacial score (nSPS) is 10.8. The maximum Gasteiger partial charge on any atom is 0.286 e. The third kappa shape index (κ3) is 3.56. The number of nitrogens with zero attached hydrogens (tertiary/aromatic N) is 2. The predicted octanol–water partition coefficient (Wildman–Crippen LogP) is 4.82. The van der Waals surface area contributed by atoms with Crippen LogP contribution in [-0.4, -0.2) is 21.9 Å². The van der Waals surface area contributed by atoms with Crippen LogP contribution >= 0.6 is 46.6 Å². The number of aromatic nitrogens is 2. The molecule has 9 heteroatoms. The Morgan fingerprint density at radius 3 is 2.35 bits per heavy atom. The van der Waals surface area contributed by atoms with Crippen LogP contribution in [0.15, 0.2) is 47.4 Å². The van der Waals surface area contributed by atoms with Gasteiger partial charge >= 0.3 is 0 Å². The lowest BCUT2D eigenvalue weighted by atomic mass is 10.1. The van der Waals surface area contributed by atoms with E-state index >= 15 is 0 Å². The van der Waals surface area contributed by atoms with E-state index in [0.717, 1.165) is 5.56 Å². The number of hydrogen-bond donors (Lipinski definition) is 2. The molecular weight excluding hydrogens is 415 g/mol. The molecule has 3 rings (SSSR count). The smallest absolute Gasteiger partial charge is 0.286 e. The number of nitrogen functional groups attached to an aromatic ring is 1. The summed E-state index contributed by atoms with van der Waals surface area (Å²) in [6, 6.07) is 12.3. The van der Waals surface area contributed by atoms with Gasteiger partial charge in [0.05, 0.1) is 21.3 Å². The van der Waals surface area contributed by atoms with Gasteiger partial charge in [0, 0.05) is 15.6 Å². The molecule has 0 unspecified atom stereocenters. The maximum atomic E-state index is 12.2. The first-order valence-corrected chi connectivity index (χ1v) is 9.71. The second-order valence-corrected chi connectivity index (χ2v) is 7.31. The van der Waals surface area contributed by atoms with E-state index in [1.165, 1.54) is 11.8 Å². The van der Waals surface area contributed by atoms with Crippen LogP contribution in [0.25, 0.3) is 16.9 Å². The number of thioether (sulfide) groups is 1. The molecule has 1 heterocycles. The van der Waals surface area contributed by atoms with Crippen LogP contribution < -0.4 is 11.3 Å². The molecular formula is C17H13Cl3N4OS. The van der Waals surface area contributed by atoms with Gasteiger partial charge in [-0.2, -0.15) is 5.10 Å². The van der Waals surface area contributed by atoms with Crippen molar-refractivity contribution in [2.45, 2.75) is 4.90 Å². The summed E-state index contributed by atoms with van der Waals surface area (Å²) in [6.07, 6.45) is 1.86. The number of amides is 1. The first kappa shape index (κ1) is 19.1. The monoisotopic (exact) mass is 426 g/mol. The van der Waals surface area contributed by atoms with Gasteiger partial charge in [-0.05, 0) is 36.6 Å². The van der Waals surface area contributed by atoms with Gasteiger partial charge in [-0.15, -0.1) is 11.8 Å². The Morgan fingerprint density at radius 2 is 1.77 bits per heavy atom. The molecule has 3 aromatic rings. The maximum absolute atomic E-state index is 12.2. The Balaban J connectivity index is 2.33. The highest BCUT2D eigenvalue weighted by atomic mass is 35.5. The summed E-state index contributed by atoms with van der Waals surface area (Å²) < 4.78 is 1.61. The first-order valence-electron chi connectivity index (χ1n) is 7.35. The van der Waals surface area contributed by atoms with E-state index in [-0.39, 0.29) is 5.69 Å². The minimum Gasteiger partial charge on any atom is -0.289 e. The van der Waals surface area contributed by atoms with Crippen LogP contribution in [0.2, 0.25) is 15.1 Å². The molecule has 0 atom stereocenters. The molecule has 134 valence electrons. The molecule has 0 radical (unpaired) electrons. The minimum absolute atomic E-state index is 0.205. The number of halogens is 3. The molecule has 0 aliphatic carbocycles. The molecule has 2 aromatic carbocycles. The lowest BCUT2D eigenvalue weighted by Gasteiger charge is -2.11. The number of hydrazine groups is 1. The molecule has 0 fully saturated rings. The summed E-state index contributed by atoms with van der Waals surface area (Å²) in [5.74, 6) is 4.82. The van der Waals surface area contributed by atoms with Crippen molar-refractivity contribution in [3.8, 4) is 16.9 Å². The summed E-state index contributed by atoms with van der Waals surface area (Å²) >= 11 is 19.8. The molecule has 1 aromatic heterocycles. The van der Waals surface area contributed by atoms with Gasteiger partial charge in [0.2, 0.25) is 0 Å². The van der Waals surface area contributed by atoms with E-state index in [4.69, 9.17) is 40.6 Å². The zero-order valence-electron chi connectivity index (χ0n) is 13.5. The Labute approximate surface area is 169 Å². The second kappa shape index (κ2) is 7.90. The van der Waals surface area contributed by atoms with Crippen LogP contribution in [0.3, 0.4) is 0 Å². The molecule has 0 saturated heterocycles. The summed E-state index contributed by atoms with van der Waals surface area (Å²) in [5, 5.41) is 5.97. The quantitative estimate of drug-likeness (QED) is 0.271. The molecule has 0 spiro atoms. The molecule has 1 amide bonds. The number of hydrogen-bond acceptors (Lipinski definition) is 4. The van der Waals surface area contributed by atoms with Gasteiger partial charge in [-0.3, -0.25) is 10.2 Å². The van der Waals surface area contributed by atoms with Gasteiger partial charge in [-0.25, -0.2) is 10.5 Å². The Morgan fingerprint density at radius 1 is 1.12 bits per heavy atom. The van der Waals surface area contributed by atoms with Crippen LogP contribution in [0, 0.1) is 0 Å². The average molecular weight is 428 g/mol. The van der Waals surface area contributed by atoms with Gasteiger partial charge in [0.25, 0.3) is 5.91 Å². The highest BCUT2D eigenvalue weighted by Gasteiger charge is 2.25. The van der Waals surface area contributed by atoms with Crippen molar-refractivity contribution < 1.29 is 4.79 Å². The summed E-state index contributed by atoms with van der Waals surface area (Å²) in [6.45, 7) is 0. The van der Waals surface area contributed by atoms with E-state index < -0.39 is 5.91 Å². The first-order chi connectivity index (χ1) is 12.5. The van der Waals surface area contributed by atoms with Gasteiger partial charge < -0.3 is 0 Å². The fraction of sp³-hybridized carbons (Fsp3) is 0.0588. The van der Waals surface area contributed by atoms with Crippen molar-refractivity contribution in [3.63, 3.8) is 0 Å².